The fourth-order valence-electron chi connectivity index (χ4n) is 3.85. The maximum atomic E-state index is 12.8. The number of nitrogens with zero attached hydrogens (tertiary/aromatic N) is 2. The first-order valence-corrected chi connectivity index (χ1v) is 10.1. The lowest BCUT2D eigenvalue weighted by Gasteiger charge is -2.28. The summed E-state index contributed by atoms with van der Waals surface area (Å²) in [4.78, 5) is 41.4. The van der Waals surface area contributed by atoms with Gasteiger partial charge in [-0.25, -0.2) is 0 Å². The fraction of sp³-hybridized carbons (Fsp3) is 0.375. The molecule has 1 aliphatic rings. The van der Waals surface area contributed by atoms with Crippen molar-refractivity contribution >= 4 is 17.7 Å². The highest BCUT2D eigenvalue weighted by atomic mass is 16.2. The zero-order chi connectivity index (χ0) is 21.9. The third kappa shape index (κ3) is 4.94. The average molecular weight is 408 g/mol. The Kier molecular flexibility index (Phi) is 6.37. The number of carbonyl (C=O) groups excluding carboxylic acids is 3. The van der Waals surface area contributed by atoms with Crippen LogP contribution in [0.25, 0.3) is 0 Å². The highest BCUT2D eigenvalue weighted by Crippen LogP contribution is 2.24. The van der Waals surface area contributed by atoms with Crippen LogP contribution in [0.1, 0.15) is 50.5 Å². The minimum atomic E-state index is -0.339. The first-order chi connectivity index (χ1) is 14.2. The highest BCUT2D eigenvalue weighted by Gasteiger charge is 2.35. The molecule has 0 aliphatic carbocycles. The van der Waals surface area contributed by atoms with Gasteiger partial charge in [0.25, 0.3) is 17.7 Å². The maximum Gasteiger partial charge on any atom is 0.261 e. The van der Waals surface area contributed by atoms with Gasteiger partial charge < -0.3 is 10.2 Å². The van der Waals surface area contributed by atoms with E-state index in [-0.39, 0.29) is 23.1 Å². The molecule has 0 saturated carbocycles. The summed E-state index contributed by atoms with van der Waals surface area (Å²) in [6.07, 6.45) is 0.598. The van der Waals surface area contributed by atoms with Crippen molar-refractivity contribution in [2.45, 2.75) is 20.3 Å². The molecule has 6 heteroatoms. The van der Waals surface area contributed by atoms with E-state index in [0.717, 1.165) is 12.1 Å². The molecule has 0 bridgehead atoms. The number of hydrogen-bond donors (Lipinski definition) is 1. The van der Waals surface area contributed by atoms with Gasteiger partial charge >= 0.3 is 0 Å². The summed E-state index contributed by atoms with van der Waals surface area (Å²) >= 11 is 0. The van der Waals surface area contributed by atoms with Gasteiger partial charge in [0, 0.05) is 25.2 Å². The largest absolute Gasteiger partial charge is 0.351 e. The second kappa shape index (κ2) is 8.79. The molecule has 0 saturated heterocycles. The van der Waals surface area contributed by atoms with Crippen LogP contribution in [0.15, 0.2) is 48.5 Å². The van der Waals surface area contributed by atoms with Gasteiger partial charge in [0.05, 0.1) is 11.1 Å². The van der Waals surface area contributed by atoms with Crippen LogP contribution in [-0.2, 0) is 6.42 Å². The van der Waals surface area contributed by atoms with E-state index in [4.69, 9.17) is 0 Å². The van der Waals surface area contributed by atoms with Crippen molar-refractivity contribution in [1.82, 2.24) is 15.1 Å². The Morgan fingerprint density at radius 3 is 2.33 bits per heavy atom. The predicted octanol–water partition coefficient (Wildman–Crippen LogP) is 2.84. The summed E-state index contributed by atoms with van der Waals surface area (Å²) in [5.41, 5.74) is 2.02. The predicted molar refractivity (Wildman–Crippen MR) is 117 cm³/mol. The standard InChI is InChI=1S/C24H29N3O3/c1-24(2,16-26(3)4)15-25-21(28)18-10-11-19-20(14-18)23(30)27(22(19)29)13-12-17-8-6-5-7-9-17/h5-11,14H,12-13,15-16H2,1-4H3,(H,25,28). The van der Waals surface area contributed by atoms with Gasteiger partial charge in [-0.2, -0.15) is 0 Å². The number of hydrogen-bond acceptors (Lipinski definition) is 4. The lowest BCUT2D eigenvalue weighted by Crippen LogP contribution is -2.40. The van der Waals surface area contributed by atoms with E-state index in [1.807, 2.05) is 44.4 Å². The number of nitrogens with one attached hydrogen (secondary N) is 1. The number of rotatable bonds is 8. The Morgan fingerprint density at radius 2 is 1.67 bits per heavy atom. The van der Waals surface area contributed by atoms with E-state index in [0.29, 0.717) is 36.2 Å². The van der Waals surface area contributed by atoms with Gasteiger partial charge in [-0.1, -0.05) is 44.2 Å². The summed E-state index contributed by atoms with van der Waals surface area (Å²) in [5, 5.41) is 2.94. The molecule has 0 fully saturated rings. The molecule has 3 amide bonds. The molecule has 1 N–H and O–H groups in total. The summed E-state index contributed by atoms with van der Waals surface area (Å²) in [7, 11) is 3.99. The number of carbonyl (C=O) groups is 3. The third-order valence-corrected chi connectivity index (χ3v) is 5.17. The van der Waals surface area contributed by atoms with Crippen molar-refractivity contribution < 1.29 is 14.4 Å². The quantitative estimate of drug-likeness (QED) is 0.683. The molecule has 0 unspecified atom stereocenters. The van der Waals surface area contributed by atoms with Crippen molar-refractivity contribution in [3.63, 3.8) is 0 Å². The normalized spacial score (nSPS) is 13.7. The Bertz CT molecular complexity index is 951. The van der Waals surface area contributed by atoms with Crippen LogP contribution in [0.4, 0.5) is 0 Å². The van der Waals surface area contributed by atoms with Crippen LogP contribution in [-0.4, -0.2) is 61.3 Å². The molecule has 30 heavy (non-hydrogen) atoms. The van der Waals surface area contributed by atoms with Gasteiger partial charge in [-0.15, -0.1) is 0 Å². The Morgan fingerprint density at radius 1 is 1.00 bits per heavy atom. The summed E-state index contributed by atoms with van der Waals surface area (Å²) in [5.74, 6) is -0.883. The zero-order valence-electron chi connectivity index (χ0n) is 18.1. The molecule has 0 radical (unpaired) electrons. The highest BCUT2D eigenvalue weighted by molar-refractivity contribution is 6.22. The first-order valence-electron chi connectivity index (χ1n) is 10.1. The molecule has 0 spiro atoms. The van der Waals surface area contributed by atoms with E-state index < -0.39 is 0 Å². The molecule has 1 heterocycles. The summed E-state index contributed by atoms with van der Waals surface area (Å²) < 4.78 is 0. The first kappa shape index (κ1) is 21.7. The number of imide groups is 1. The molecule has 2 aromatic carbocycles. The second-order valence-corrected chi connectivity index (χ2v) is 8.84. The van der Waals surface area contributed by atoms with Crippen molar-refractivity contribution in [2.75, 3.05) is 33.7 Å². The minimum Gasteiger partial charge on any atom is -0.351 e. The second-order valence-electron chi connectivity index (χ2n) is 8.84. The van der Waals surface area contributed by atoms with E-state index >= 15 is 0 Å². The molecule has 0 atom stereocenters. The van der Waals surface area contributed by atoms with Gasteiger partial charge in [0.1, 0.15) is 0 Å². The zero-order valence-corrected chi connectivity index (χ0v) is 18.1. The van der Waals surface area contributed by atoms with Crippen LogP contribution in [0.3, 0.4) is 0 Å². The summed E-state index contributed by atoms with van der Waals surface area (Å²) in [6, 6.07) is 14.5. The summed E-state index contributed by atoms with van der Waals surface area (Å²) in [6.45, 7) is 5.83. The smallest absolute Gasteiger partial charge is 0.261 e. The Balaban J connectivity index is 1.68. The lowest BCUT2D eigenvalue weighted by atomic mass is 9.93. The van der Waals surface area contributed by atoms with E-state index in [1.165, 1.54) is 11.0 Å². The van der Waals surface area contributed by atoms with Crippen molar-refractivity contribution in [1.29, 1.82) is 0 Å². The van der Waals surface area contributed by atoms with Gasteiger partial charge in [0.2, 0.25) is 0 Å². The molecule has 6 nitrogen and oxygen atoms in total. The molecule has 2 aromatic rings. The molecular formula is C24H29N3O3. The van der Waals surface area contributed by atoms with Gasteiger partial charge in [0.15, 0.2) is 0 Å². The SMILES string of the molecule is CN(C)CC(C)(C)CNC(=O)c1ccc2c(c1)C(=O)N(CCc1ccccc1)C2=O. The van der Waals surface area contributed by atoms with E-state index in [2.05, 4.69) is 24.1 Å². The molecule has 1 aliphatic heterocycles. The fourth-order valence-corrected chi connectivity index (χ4v) is 3.85. The molecule has 0 aromatic heterocycles. The topological polar surface area (TPSA) is 69.7 Å². The monoisotopic (exact) mass is 407 g/mol. The van der Waals surface area contributed by atoms with E-state index in [1.54, 1.807) is 12.1 Å². The third-order valence-electron chi connectivity index (χ3n) is 5.17. The van der Waals surface area contributed by atoms with E-state index in [9.17, 15) is 14.4 Å². The Labute approximate surface area is 177 Å². The number of amides is 3. The Hall–Kier alpha value is -2.99. The molecule has 158 valence electrons. The lowest BCUT2D eigenvalue weighted by molar-refractivity contribution is 0.0656. The molecular weight excluding hydrogens is 378 g/mol. The van der Waals surface area contributed by atoms with Crippen molar-refractivity contribution in [3.05, 3.63) is 70.8 Å². The average Bonchev–Trinajstić information content (AvgIpc) is 2.94. The maximum absolute atomic E-state index is 12.8. The van der Waals surface area contributed by atoms with Crippen molar-refractivity contribution in [3.8, 4) is 0 Å². The number of fused-ring (bicyclic) bond motifs is 1. The van der Waals surface area contributed by atoms with Crippen LogP contribution in [0.2, 0.25) is 0 Å². The van der Waals surface area contributed by atoms with Crippen LogP contribution < -0.4 is 5.32 Å². The van der Waals surface area contributed by atoms with Crippen LogP contribution in [0, 0.1) is 5.41 Å². The van der Waals surface area contributed by atoms with Gasteiger partial charge in [-0.3, -0.25) is 19.3 Å². The number of benzene rings is 2. The minimum absolute atomic E-state index is 0.0874. The van der Waals surface area contributed by atoms with Crippen LogP contribution >= 0.6 is 0 Å². The molecule has 3 rings (SSSR count). The van der Waals surface area contributed by atoms with Gasteiger partial charge in [-0.05, 0) is 49.7 Å². The van der Waals surface area contributed by atoms with Crippen LogP contribution in [0.5, 0.6) is 0 Å². The van der Waals surface area contributed by atoms with Crippen molar-refractivity contribution in [2.24, 2.45) is 5.41 Å².